The number of rotatable bonds is 1. The van der Waals surface area contributed by atoms with E-state index in [0.29, 0.717) is 4.60 Å². The lowest BCUT2D eigenvalue weighted by molar-refractivity contribution is 0.108. The summed E-state index contributed by atoms with van der Waals surface area (Å²) in [6.45, 7) is 0. The van der Waals surface area contributed by atoms with Crippen LogP contribution in [0.15, 0.2) is 16.9 Å². The molecule has 0 bridgehead atoms. The molecule has 58 valence electrons. The molecule has 11 heavy (non-hydrogen) atoms. The van der Waals surface area contributed by atoms with E-state index in [1.54, 1.807) is 0 Å². The topological polar surface area (TPSA) is 50.2 Å². The molecule has 0 atom stereocenters. The van der Waals surface area contributed by atoms with Crippen molar-refractivity contribution < 1.29 is 9.90 Å². The Morgan fingerprint density at radius 1 is 1.73 bits per heavy atom. The summed E-state index contributed by atoms with van der Waals surface area (Å²) in [6, 6.07) is 1.24. The number of halogens is 2. The molecule has 0 spiro atoms. The van der Waals surface area contributed by atoms with Crippen LogP contribution in [0.3, 0.4) is 0 Å². The maximum atomic E-state index is 10.6. The van der Waals surface area contributed by atoms with Gasteiger partial charge in [0, 0.05) is 0 Å². The van der Waals surface area contributed by atoms with E-state index in [1.807, 2.05) is 0 Å². The largest absolute Gasteiger partial charge is 0.506 e. The molecule has 0 saturated carbocycles. The van der Waals surface area contributed by atoms with E-state index in [4.69, 9.17) is 16.7 Å². The lowest BCUT2D eigenvalue weighted by atomic mass is 10.3. The predicted octanol–water partition coefficient (Wildman–Crippen LogP) is 1.93. The zero-order chi connectivity index (χ0) is 8.43. The van der Waals surface area contributed by atoms with Crippen LogP contribution in [0.2, 0.25) is 0 Å². The summed E-state index contributed by atoms with van der Waals surface area (Å²) >= 11 is 8.16. The number of hydrogen-bond donors (Lipinski definition) is 1. The minimum atomic E-state index is -0.653. The first-order chi connectivity index (χ1) is 5.11. The van der Waals surface area contributed by atoms with Crippen LogP contribution in [0, 0.1) is 0 Å². The number of carbonyl (C=O) groups is 1. The highest BCUT2D eigenvalue weighted by atomic mass is 79.9. The second-order valence-electron chi connectivity index (χ2n) is 1.81. The molecule has 0 unspecified atom stereocenters. The molecule has 1 aromatic rings. The Morgan fingerprint density at radius 3 is 2.82 bits per heavy atom. The number of aromatic hydroxyl groups is 1. The van der Waals surface area contributed by atoms with E-state index in [-0.39, 0.29) is 11.3 Å². The predicted molar refractivity (Wildman–Crippen MR) is 43.8 cm³/mol. The van der Waals surface area contributed by atoms with E-state index < -0.39 is 5.24 Å². The van der Waals surface area contributed by atoms with Crippen LogP contribution in [0.4, 0.5) is 0 Å². The van der Waals surface area contributed by atoms with Gasteiger partial charge in [-0.05, 0) is 33.6 Å². The maximum Gasteiger partial charge on any atom is 0.255 e. The molecule has 3 nitrogen and oxygen atoms in total. The van der Waals surface area contributed by atoms with Gasteiger partial charge >= 0.3 is 0 Å². The van der Waals surface area contributed by atoms with Crippen LogP contribution >= 0.6 is 27.5 Å². The van der Waals surface area contributed by atoms with Gasteiger partial charge in [-0.3, -0.25) is 4.79 Å². The van der Waals surface area contributed by atoms with Crippen LogP contribution in [-0.2, 0) is 0 Å². The first kappa shape index (κ1) is 8.49. The number of pyridine rings is 1. The maximum absolute atomic E-state index is 10.6. The monoisotopic (exact) mass is 235 g/mol. The van der Waals surface area contributed by atoms with Crippen molar-refractivity contribution >= 4 is 32.8 Å². The molecule has 0 radical (unpaired) electrons. The molecule has 1 heterocycles. The van der Waals surface area contributed by atoms with Crippen LogP contribution in [0.1, 0.15) is 10.4 Å². The molecule has 1 rings (SSSR count). The van der Waals surface area contributed by atoms with Gasteiger partial charge in [0.25, 0.3) is 5.24 Å². The molecular formula is C6H3BrClNO2. The molecule has 0 aromatic carbocycles. The van der Waals surface area contributed by atoms with Gasteiger partial charge in [0.15, 0.2) is 0 Å². The molecule has 5 heteroatoms. The van der Waals surface area contributed by atoms with Crippen molar-refractivity contribution in [2.45, 2.75) is 0 Å². The summed E-state index contributed by atoms with van der Waals surface area (Å²) in [4.78, 5) is 14.3. The first-order valence-electron chi connectivity index (χ1n) is 2.65. The van der Waals surface area contributed by atoms with E-state index in [2.05, 4.69) is 20.9 Å². The van der Waals surface area contributed by atoms with Gasteiger partial charge in [-0.2, -0.15) is 0 Å². The highest BCUT2D eigenvalue weighted by molar-refractivity contribution is 9.10. The number of hydrogen-bond acceptors (Lipinski definition) is 3. The third kappa shape index (κ3) is 1.91. The molecule has 0 amide bonds. The molecular weight excluding hydrogens is 233 g/mol. The van der Waals surface area contributed by atoms with E-state index in [9.17, 15) is 4.79 Å². The Hall–Kier alpha value is -0.610. The van der Waals surface area contributed by atoms with Crippen molar-refractivity contribution in [1.82, 2.24) is 4.98 Å². The average Bonchev–Trinajstić information content (AvgIpc) is 1.94. The average molecular weight is 236 g/mol. The van der Waals surface area contributed by atoms with Crippen molar-refractivity contribution in [2.75, 3.05) is 0 Å². The Balaban J connectivity index is 3.23. The van der Waals surface area contributed by atoms with Gasteiger partial charge in [0.1, 0.15) is 10.4 Å². The lowest BCUT2D eigenvalue weighted by Crippen LogP contribution is -1.91. The molecule has 1 N–H and O–H groups in total. The number of aromatic nitrogens is 1. The zero-order valence-corrected chi connectivity index (χ0v) is 7.56. The van der Waals surface area contributed by atoms with Crippen molar-refractivity contribution in [3.8, 4) is 5.75 Å². The summed E-state index contributed by atoms with van der Waals surface area (Å²) in [7, 11) is 0. The van der Waals surface area contributed by atoms with Gasteiger partial charge in [0.05, 0.1) is 11.8 Å². The van der Waals surface area contributed by atoms with Gasteiger partial charge in [-0.15, -0.1) is 0 Å². The Bertz CT molecular complexity index is 303. The zero-order valence-electron chi connectivity index (χ0n) is 5.21. The second-order valence-corrected chi connectivity index (χ2v) is 2.90. The van der Waals surface area contributed by atoms with Crippen LogP contribution in [-0.4, -0.2) is 15.3 Å². The third-order valence-electron chi connectivity index (χ3n) is 1.04. The fourth-order valence-corrected chi connectivity index (χ4v) is 1.23. The first-order valence-corrected chi connectivity index (χ1v) is 3.82. The van der Waals surface area contributed by atoms with Crippen molar-refractivity contribution in [3.63, 3.8) is 0 Å². The Morgan fingerprint density at radius 2 is 2.36 bits per heavy atom. The summed E-state index contributed by atoms with van der Waals surface area (Å²) in [6.07, 6.45) is 1.22. The van der Waals surface area contributed by atoms with Crippen LogP contribution < -0.4 is 0 Å². The molecule has 0 saturated heterocycles. The van der Waals surface area contributed by atoms with Crippen molar-refractivity contribution in [3.05, 3.63) is 22.4 Å². The minimum absolute atomic E-state index is 0.0859. The highest BCUT2D eigenvalue weighted by Crippen LogP contribution is 2.19. The molecule has 1 aromatic heterocycles. The summed E-state index contributed by atoms with van der Waals surface area (Å²) in [5.74, 6) is -0.0859. The van der Waals surface area contributed by atoms with Gasteiger partial charge in [-0.25, -0.2) is 4.98 Å². The fraction of sp³-hybridized carbons (Fsp3) is 0. The summed E-state index contributed by atoms with van der Waals surface area (Å²) < 4.78 is 0.329. The van der Waals surface area contributed by atoms with Gasteiger partial charge in [-0.1, -0.05) is 0 Å². The molecule has 0 fully saturated rings. The van der Waals surface area contributed by atoms with E-state index in [0.717, 1.165) is 0 Å². The molecule has 0 aliphatic heterocycles. The second kappa shape index (κ2) is 3.19. The smallest absolute Gasteiger partial charge is 0.255 e. The summed E-state index contributed by atoms with van der Waals surface area (Å²) in [5.41, 5.74) is 0.159. The highest BCUT2D eigenvalue weighted by Gasteiger charge is 2.08. The standard InChI is InChI=1S/C6H3BrClNO2/c7-5-4(6(8)11)1-3(10)2-9-5/h1-2,10H. The Labute approximate surface area is 76.1 Å². The number of nitrogens with zero attached hydrogens (tertiary/aromatic N) is 1. The number of carbonyl (C=O) groups excluding carboxylic acids is 1. The van der Waals surface area contributed by atoms with Gasteiger partial charge in [0.2, 0.25) is 0 Å². The molecule has 0 aliphatic carbocycles. The minimum Gasteiger partial charge on any atom is -0.506 e. The quantitative estimate of drug-likeness (QED) is 0.599. The Kier molecular flexibility index (Phi) is 2.46. The lowest BCUT2D eigenvalue weighted by Gasteiger charge is -1.96. The van der Waals surface area contributed by atoms with Crippen LogP contribution in [0.25, 0.3) is 0 Å². The van der Waals surface area contributed by atoms with E-state index >= 15 is 0 Å². The van der Waals surface area contributed by atoms with Crippen molar-refractivity contribution in [2.24, 2.45) is 0 Å². The van der Waals surface area contributed by atoms with E-state index in [1.165, 1.54) is 12.3 Å². The van der Waals surface area contributed by atoms with Gasteiger partial charge < -0.3 is 5.11 Å². The SMILES string of the molecule is O=C(Cl)c1cc(O)cnc1Br. The molecule has 0 aliphatic rings. The third-order valence-corrected chi connectivity index (χ3v) is 1.87. The normalized spacial score (nSPS) is 9.64. The van der Waals surface area contributed by atoms with Crippen LogP contribution in [0.5, 0.6) is 5.75 Å². The summed E-state index contributed by atoms with van der Waals surface area (Å²) in [5, 5.41) is 8.24. The fourth-order valence-electron chi connectivity index (χ4n) is 0.575. The van der Waals surface area contributed by atoms with Crippen molar-refractivity contribution in [1.29, 1.82) is 0 Å².